The van der Waals surface area contributed by atoms with Crippen LogP contribution in [0.2, 0.25) is 0 Å². The monoisotopic (exact) mass is 384 g/mol. The average Bonchev–Trinajstić information content (AvgIpc) is 3.17. The Morgan fingerprint density at radius 2 is 1.85 bits per heavy atom. The van der Waals surface area contributed by atoms with Crippen molar-refractivity contribution in [2.45, 2.75) is 49.6 Å². The summed E-state index contributed by atoms with van der Waals surface area (Å²) in [6.07, 6.45) is 4.09. The lowest BCUT2D eigenvalue weighted by atomic mass is 10.0. The largest absolute Gasteiger partial charge is 0.378 e. The molecule has 4 rings (SSSR count). The molecule has 10 nitrogen and oxygen atoms in total. The predicted octanol–water partition coefficient (Wildman–Crippen LogP) is -0.924. The molecule has 1 aromatic rings. The van der Waals surface area contributed by atoms with Gasteiger partial charge in [-0.3, -0.25) is 4.79 Å². The fourth-order valence-electron chi connectivity index (χ4n) is 4.28. The second kappa shape index (κ2) is 6.76. The van der Waals surface area contributed by atoms with Gasteiger partial charge < -0.3 is 14.5 Å². The van der Waals surface area contributed by atoms with Crippen molar-refractivity contribution < 1.29 is 17.9 Å². The quantitative estimate of drug-likeness (QED) is 0.655. The van der Waals surface area contributed by atoms with Gasteiger partial charge in [0.2, 0.25) is 5.91 Å². The van der Waals surface area contributed by atoms with Gasteiger partial charge in [-0.25, -0.2) is 8.42 Å². The second-order valence-electron chi connectivity index (χ2n) is 7.33. The average molecular weight is 384 g/mol. The maximum atomic E-state index is 12.8. The molecule has 3 aliphatic heterocycles. The summed E-state index contributed by atoms with van der Waals surface area (Å²) in [7, 11) is -3.06. The topological polar surface area (TPSA) is 111 Å². The Labute approximate surface area is 152 Å². The standard InChI is InChI=1S/C15H24N6O4S/c1-26(23,24)13-8-11-2-3-12(9-13)21(11)14(22)10-20-17-15(16-18-20)19-4-6-25-7-5-19/h11-13H,2-10H2,1H3. The summed E-state index contributed by atoms with van der Waals surface area (Å²) in [5.41, 5.74) is 0. The van der Waals surface area contributed by atoms with Gasteiger partial charge in [-0.2, -0.15) is 4.80 Å². The molecule has 0 saturated carbocycles. The molecule has 0 N–H and O–H groups in total. The third-order valence-electron chi connectivity index (χ3n) is 5.60. The highest BCUT2D eigenvalue weighted by molar-refractivity contribution is 7.91. The van der Waals surface area contributed by atoms with Crippen LogP contribution in [0.25, 0.3) is 0 Å². The maximum absolute atomic E-state index is 12.8. The first-order valence-electron chi connectivity index (χ1n) is 9.02. The zero-order chi connectivity index (χ0) is 18.3. The summed E-state index contributed by atoms with van der Waals surface area (Å²) < 4.78 is 29.1. The first-order valence-corrected chi connectivity index (χ1v) is 11.0. The normalized spacial score (nSPS) is 29.2. The highest BCUT2D eigenvalue weighted by Gasteiger charge is 2.45. The molecule has 0 spiro atoms. The first kappa shape index (κ1) is 17.7. The van der Waals surface area contributed by atoms with Crippen LogP contribution in [-0.4, -0.2) is 89.3 Å². The van der Waals surface area contributed by atoms with Crippen LogP contribution in [0.5, 0.6) is 0 Å². The van der Waals surface area contributed by atoms with E-state index in [1.165, 1.54) is 11.1 Å². The first-order chi connectivity index (χ1) is 12.4. The fourth-order valence-corrected chi connectivity index (χ4v) is 5.42. The number of morpholine rings is 1. The van der Waals surface area contributed by atoms with Crippen molar-refractivity contribution in [1.82, 2.24) is 25.1 Å². The number of anilines is 1. The number of carbonyl (C=O) groups excluding carboxylic acids is 1. The zero-order valence-electron chi connectivity index (χ0n) is 14.8. The van der Waals surface area contributed by atoms with E-state index in [9.17, 15) is 13.2 Å². The minimum Gasteiger partial charge on any atom is -0.378 e. The van der Waals surface area contributed by atoms with Crippen LogP contribution in [-0.2, 0) is 25.9 Å². The summed E-state index contributed by atoms with van der Waals surface area (Å²) >= 11 is 0. The SMILES string of the molecule is CS(=O)(=O)C1CC2CCC(C1)N2C(=O)Cn1nnc(N2CCOCC2)n1. The smallest absolute Gasteiger partial charge is 0.266 e. The third-order valence-corrected chi connectivity index (χ3v) is 7.19. The number of carbonyl (C=O) groups is 1. The highest BCUT2D eigenvalue weighted by atomic mass is 32.2. The molecule has 1 amide bonds. The van der Waals surface area contributed by atoms with E-state index < -0.39 is 9.84 Å². The lowest BCUT2D eigenvalue weighted by molar-refractivity contribution is -0.136. The number of rotatable bonds is 4. The number of nitrogens with zero attached hydrogens (tertiary/aromatic N) is 6. The zero-order valence-corrected chi connectivity index (χ0v) is 15.6. The molecule has 26 heavy (non-hydrogen) atoms. The van der Waals surface area contributed by atoms with Gasteiger partial charge in [0.15, 0.2) is 0 Å². The van der Waals surface area contributed by atoms with E-state index in [0.29, 0.717) is 45.1 Å². The number of aromatic nitrogens is 4. The van der Waals surface area contributed by atoms with Gasteiger partial charge in [-0.1, -0.05) is 5.10 Å². The molecular formula is C15H24N6O4S. The van der Waals surface area contributed by atoms with Crippen molar-refractivity contribution in [2.75, 3.05) is 37.5 Å². The van der Waals surface area contributed by atoms with E-state index in [1.54, 1.807) is 0 Å². The number of sulfone groups is 1. The summed E-state index contributed by atoms with van der Waals surface area (Å²) in [6, 6.07) is 0.00594. The van der Waals surface area contributed by atoms with E-state index in [-0.39, 0.29) is 29.8 Å². The lowest BCUT2D eigenvalue weighted by Gasteiger charge is -2.38. The van der Waals surface area contributed by atoms with Gasteiger partial charge in [-0.05, 0) is 30.9 Å². The van der Waals surface area contributed by atoms with Crippen LogP contribution in [0.15, 0.2) is 0 Å². The molecule has 2 unspecified atom stereocenters. The van der Waals surface area contributed by atoms with Crippen molar-refractivity contribution in [3.05, 3.63) is 0 Å². The highest BCUT2D eigenvalue weighted by Crippen LogP contribution is 2.38. The lowest BCUT2D eigenvalue weighted by Crippen LogP contribution is -2.50. The van der Waals surface area contributed by atoms with Gasteiger partial charge in [0.05, 0.1) is 18.5 Å². The fraction of sp³-hybridized carbons (Fsp3) is 0.867. The van der Waals surface area contributed by atoms with Crippen molar-refractivity contribution in [3.8, 4) is 0 Å². The van der Waals surface area contributed by atoms with Gasteiger partial charge >= 0.3 is 0 Å². The van der Waals surface area contributed by atoms with Crippen LogP contribution in [0.1, 0.15) is 25.7 Å². The van der Waals surface area contributed by atoms with E-state index in [4.69, 9.17) is 4.74 Å². The molecule has 0 radical (unpaired) electrons. The van der Waals surface area contributed by atoms with Gasteiger partial charge in [0, 0.05) is 31.4 Å². The Hall–Kier alpha value is -1.75. The van der Waals surface area contributed by atoms with Crippen LogP contribution in [0, 0.1) is 0 Å². The van der Waals surface area contributed by atoms with Crippen molar-refractivity contribution in [1.29, 1.82) is 0 Å². The number of tetrazole rings is 1. The molecule has 2 atom stereocenters. The van der Waals surface area contributed by atoms with Crippen molar-refractivity contribution in [2.24, 2.45) is 0 Å². The maximum Gasteiger partial charge on any atom is 0.266 e. The summed E-state index contributed by atoms with van der Waals surface area (Å²) in [6.45, 7) is 2.72. The number of piperidine rings is 1. The van der Waals surface area contributed by atoms with E-state index in [2.05, 4.69) is 15.4 Å². The van der Waals surface area contributed by atoms with Crippen LogP contribution in [0.4, 0.5) is 5.95 Å². The Morgan fingerprint density at radius 1 is 1.19 bits per heavy atom. The molecule has 0 aromatic carbocycles. The minimum atomic E-state index is -3.06. The molecule has 2 bridgehead atoms. The second-order valence-corrected chi connectivity index (χ2v) is 9.65. The Kier molecular flexibility index (Phi) is 4.59. The summed E-state index contributed by atoms with van der Waals surface area (Å²) in [4.78, 5) is 18.0. The molecule has 144 valence electrons. The molecule has 4 heterocycles. The van der Waals surface area contributed by atoms with Crippen LogP contribution < -0.4 is 4.90 Å². The van der Waals surface area contributed by atoms with Crippen LogP contribution >= 0.6 is 0 Å². The molecule has 3 saturated heterocycles. The molecule has 3 fully saturated rings. The number of hydrogen-bond acceptors (Lipinski definition) is 8. The van der Waals surface area contributed by atoms with Crippen LogP contribution in [0.3, 0.4) is 0 Å². The summed E-state index contributed by atoms with van der Waals surface area (Å²) in [5.74, 6) is 0.454. The van der Waals surface area contributed by atoms with E-state index in [1.807, 2.05) is 9.80 Å². The predicted molar refractivity (Wildman–Crippen MR) is 92.4 cm³/mol. The van der Waals surface area contributed by atoms with Crippen molar-refractivity contribution >= 4 is 21.7 Å². The molecule has 3 aliphatic rings. The summed E-state index contributed by atoms with van der Waals surface area (Å²) in [5, 5.41) is 12.0. The number of amides is 1. The Morgan fingerprint density at radius 3 is 2.46 bits per heavy atom. The third kappa shape index (κ3) is 3.41. The van der Waals surface area contributed by atoms with Gasteiger partial charge in [-0.15, -0.1) is 5.10 Å². The van der Waals surface area contributed by atoms with E-state index >= 15 is 0 Å². The minimum absolute atomic E-state index is 0.00297. The molecule has 0 aliphatic carbocycles. The Bertz CT molecular complexity index is 761. The number of fused-ring (bicyclic) bond motifs is 2. The van der Waals surface area contributed by atoms with Crippen molar-refractivity contribution in [3.63, 3.8) is 0 Å². The molecule has 11 heteroatoms. The Balaban J connectivity index is 1.41. The number of hydrogen-bond donors (Lipinski definition) is 0. The molecular weight excluding hydrogens is 360 g/mol. The van der Waals surface area contributed by atoms with Gasteiger partial charge in [0.25, 0.3) is 5.95 Å². The van der Waals surface area contributed by atoms with Gasteiger partial charge in [0.1, 0.15) is 16.4 Å². The molecule has 1 aromatic heterocycles. The number of ether oxygens (including phenoxy) is 1. The van der Waals surface area contributed by atoms with E-state index in [0.717, 1.165) is 12.8 Å².